The van der Waals surface area contributed by atoms with Crippen LogP contribution in [0.25, 0.3) is 0 Å². The molecule has 0 bridgehead atoms. The molecule has 2 heterocycles. The van der Waals surface area contributed by atoms with Gasteiger partial charge in [-0.15, -0.1) is 10.2 Å². The molecule has 0 aliphatic rings. The molecule has 0 spiro atoms. The van der Waals surface area contributed by atoms with Crippen LogP contribution in [0.15, 0.2) is 18.2 Å². The van der Waals surface area contributed by atoms with Crippen LogP contribution in [0.1, 0.15) is 42.7 Å². The van der Waals surface area contributed by atoms with Crippen LogP contribution in [-0.4, -0.2) is 38.9 Å². The summed E-state index contributed by atoms with van der Waals surface area (Å²) in [6, 6.07) is 4.27. The van der Waals surface area contributed by atoms with Gasteiger partial charge in [0.15, 0.2) is 3.01 Å². The van der Waals surface area contributed by atoms with Crippen molar-refractivity contribution in [3.63, 3.8) is 0 Å². The lowest BCUT2D eigenvalue weighted by atomic mass is 10.1. The summed E-state index contributed by atoms with van der Waals surface area (Å²) in [5.74, 6) is -2.28. The van der Waals surface area contributed by atoms with Crippen LogP contribution in [-0.2, 0) is 18.3 Å². The molecular formula is C21H21FIN5O3S. The zero-order chi connectivity index (χ0) is 23.6. The van der Waals surface area contributed by atoms with Crippen molar-refractivity contribution in [2.45, 2.75) is 27.2 Å². The van der Waals surface area contributed by atoms with Crippen LogP contribution in [0, 0.1) is 29.6 Å². The minimum absolute atomic E-state index is 0.144. The number of ketones is 1. The third kappa shape index (κ3) is 5.04. The molecule has 0 aliphatic carbocycles. The van der Waals surface area contributed by atoms with Crippen molar-refractivity contribution in [3.05, 3.63) is 60.1 Å². The second-order valence-electron chi connectivity index (χ2n) is 7.19. The predicted octanol–water partition coefficient (Wildman–Crippen LogP) is 3.34. The Kier molecular flexibility index (Phi) is 7.39. The van der Waals surface area contributed by atoms with Crippen LogP contribution in [0.4, 0.5) is 10.1 Å². The highest BCUT2D eigenvalue weighted by molar-refractivity contribution is 14.1. The van der Waals surface area contributed by atoms with Gasteiger partial charge in [0.05, 0.1) is 11.3 Å². The molecule has 3 aromatic rings. The minimum Gasteiger partial charge on any atom is -0.349 e. The van der Waals surface area contributed by atoms with E-state index in [2.05, 4.69) is 43.4 Å². The molecule has 0 saturated heterocycles. The number of benzene rings is 1. The topological polar surface area (TPSA) is 106 Å². The maximum Gasteiger partial charge on any atom is 0.294 e. The van der Waals surface area contributed by atoms with Crippen LogP contribution < -0.4 is 10.6 Å². The van der Waals surface area contributed by atoms with E-state index >= 15 is 0 Å². The van der Waals surface area contributed by atoms with Crippen LogP contribution in [0.2, 0.25) is 0 Å². The predicted molar refractivity (Wildman–Crippen MR) is 128 cm³/mol. The molecule has 2 N–H and O–H groups in total. The van der Waals surface area contributed by atoms with E-state index in [1.54, 1.807) is 27.8 Å². The van der Waals surface area contributed by atoms with E-state index in [1.165, 1.54) is 34.1 Å². The number of aromatic nitrogens is 3. The van der Waals surface area contributed by atoms with Crippen molar-refractivity contribution in [1.82, 2.24) is 20.1 Å². The summed E-state index contributed by atoms with van der Waals surface area (Å²) in [4.78, 5) is 38.2. The number of halogens is 2. The van der Waals surface area contributed by atoms with Gasteiger partial charge in [-0.25, -0.2) is 4.39 Å². The molecule has 168 valence electrons. The molecule has 3 rings (SSSR count). The van der Waals surface area contributed by atoms with Crippen molar-refractivity contribution in [3.8, 4) is 0 Å². The van der Waals surface area contributed by atoms with Gasteiger partial charge in [0.25, 0.3) is 17.6 Å². The first-order valence-corrected chi connectivity index (χ1v) is 11.5. The molecule has 0 unspecified atom stereocenters. The molecule has 0 saturated carbocycles. The second kappa shape index (κ2) is 9.86. The van der Waals surface area contributed by atoms with Crippen molar-refractivity contribution >= 4 is 57.2 Å². The van der Waals surface area contributed by atoms with Gasteiger partial charge < -0.3 is 15.2 Å². The Morgan fingerprint density at radius 3 is 2.53 bits per heavy atom. The van der Waals surface area contributed by atoms with Gasteiger partial charge in [-0.05, 0) is 72.7 Å². The second-order valence-corrected chi connectivity index (χ2v) is 10.0. The number of carbonyl (C=O) groups excluding carboxylic acids is 3. The molecule has 0 atom stereocenters. The Balaban J connectivity index is 1.75. The summed E-state index contributed by atoms with van der Waals surface area (Å²) in [5.41, 5.74) is 2.23. The number of amides is 2. The molecule has 32 heavy (non-hydrogen) atoms. The molecular weight excluding hydrogens is 548 g/mol. The molecule has 0 fully saturated rings. The highest BCUT2D eigenvalue weighted by Gasteiger charge is 2.28. The summed E-state index contributed by atoms with van der Waals surface area (Å²) in [7, 11) is 1.63. The smallest absolute Gasteiger partial charge is 0.294 e. The number of nitrogens with one attached hydrogen (secondary N) is 2. The van der Waals surface area contributed by atoms with Crippen molar-refractivity contribution in [2.75, 3.05) is 11.9 Å². The van der Waals surface area contributed by atoms with Gasteiger partial charge in [0.2, 0.25) is 0 Å². The molecule has 1 aromatic carbocycles. The van der Waals surface area contributed by atoms with Crippen molar-refractivity contribution in [1.29, 1.82) is 0 Å². The average Bonchev–Trinajstić information content (AvgIpc) is 3.24. The Morgan fingerprint density at radius 1 is 1.19 bits per heavy atom. The standard InChI is InChI=1S/C21H21FIN5O3S/c1-10-9-13(5-6-14(10)22)25-19(30)16-11(2)17(28(4)12(16)3)18(29)20(31)24-8-7-15-26-27-21(23)32-15/h5-6,9H,7-8H2,1-4H3,(H,24,31)(H,25,30). The maximum atomic E-state index is 13.5. The third-order valence-corrected chi connectivity index (χ3v) is 6.71. The SMILES string of the molecule is Cc1cc(NC(=O)c2c(C)c(C(=O)C(=O)NCCc3nnc(I)s3)n(C)c2C)ccc1F. The summed E-state index contributed by atoms with van der Waals surface area (Å²) >= 11 is 3.48. The lowest BCUT2D eigenvalue weighted by Gasteiger charge is -2.07. The van der Waals surface area contributed by atoms with Gasteiger partial charge in [-0.2, -0.15) is 0 Å². The molecule has 11 heteroatoms. The largest absolute Gasteiger partial charge is 0.349 e. The van der Waals surface area contributed by atoms with Gasteiger partial charge in [0, 0.05) is 31.4 Å². The van der Waals surface area contributed by atoms with E-state index in [0.717, 1.165) is 8.02 Å². The molecule has 0 aliphatic heterocycles. The van der Waals surface area contributed by atoms with E-state index in [0.29, 0.717) is 34.5 Å². The van der Waals surface area contributed by atoms with E-state index in [1.807, 2.05) is 0 Å². The van der Waals surface area contributed by atoms with Crippen LogP contribution in [0.5, 0.6) is 0 Å². The zero-order valence-electron chi connectivity index (χ0n) is 17.9. The van der Waals surface area contributed by atoms with Gasteiger partial charge in [0.1, 0.15) is 10.8 Å². The summed E-state index contributed by atoms with van der Waals surface area (Å²) in [6.45, 7) is 5.17. The molecule has 2 amide bonds. The summed E-state index contributed by atoms with van der Waals surface area (Å²) in [6.07, 6.45) is 0.468. The fourth-order valence-electron chi connectivity index (χ4n) is 3.35. The number of rotatable bonds is 7. The Morgan fingerprint density at radius 2 is 1.91 bits per heavy atom. The Hall–Kier alpha value is -2.67. The first kappa shape index (κ1) is 24.0. The lowest BCUT2D eigenvalue weighted by molar-refractivity contribution is -0.117. The first-order chi connectivity index (χ1) is 15.1. The number of hydrogen-bond donors (Lipinski definition) is 2. The summed E-state index contributed by atoms with van der Waals surface area (Å²) < 4.78 is 15.8. The Labute approximate surface area is 201 Å². The van der Waals surface area contributed by atoms with Crippen molar-refractivity contribution in [2.24, 2.45) is 7.05 Å². The van der Waals surface area contributed by atoms with Gasteiger partial charge >= 0.3 is 0 Å². The quantitative estimate of drug-likeness (QED) is 0.258. The fraction of sp³-hybridized carbons (Fsp3) is 0.286. The van der Waals surface area contributed by atoms with Crippen LogP contribution in [0.3, 0.4) is 0 Å². The van der Waals surface area contributed by atoms with E-state index < -0.39 is 17.6 Å². The van der Waals surface area contributed by atoms with E-state index in [4.69, 9.17) is 0 Å². The fourth-order valence-corrected chi connectivity index (χ4v) is 4.79. The number of aryl methyl sites for hydroxylation is 1. The van der Waals surface area contributed by atoms with Crippen LogP contribution >= 0.6 is 33.9 Å². The third-order valence-electron chi connectivity index (χ3n) is 5.06. The zero-order valence-corrected chi connectivity index (χ0v) is 20.9. The summed E-state index contributed by atoms with van der Waals surface area (Å²) in [5, 5.41) is 14.0. The van der Waals surface area contributed by atoms with E-state index in [9.17, 15) is 18.8 Å². The van der Waals surface area contributed by atoms with Gasteiger partial charge in [-0.3, -0.25) is 14.4 Å². The highest BCUT2D eigenvalue weighted by atomic mass is 127. The number of carbonyl (C=O) groups is 3. The first-order valence-electron chi connectivity index (χ1n) is 9.64. The minimum atomic E-state index is -0.756. The normalized spacial score (nSPS) is 10.8. The lowest BCUT2D eigenvalue weighted by Crippen LogP contribution is -2.34. The Bertz CT molecular complexity index is 1220. The molecule has 8 nitrogen and oxygen atoms in total. The molecule has 0 radical (unpaired) electrons. The number of anilines is 1. The molecule has 2 aromatic heterocycles. The van der Waals surface area contributed by atoms with Gasteiger partial charge in [-0.1, -0.05) is 11.3 Å². The number of Topliss-reactive ketones (excluding diaryl/α,β-unsaturated/α-hetero) is 1. The van der Waals surface area contributed by atoms with Crippen molar-refractivity contribution < 1.29 is 18.8 Å². The number of nitrogens with zero attached hydrogens (tertiary/aromatic N) is 3. The number of hydrogen-bond acceptors (Lipinski definition) is 6. The average molecular weight is 569 g/mol. The monoisotopic (exact) mass is 569 g/mol. The maximum absolute atomic E-state index is 13.5. The highest BCUT2D eigenvalue weighted by Crippen LogP contribution is 2.24. The van der Waals surface area contributed by atoms with E-state index in [-0.39, 0.29) is 18.1 Å².